The number of nitrogens with one attached hydrogen (secondary N) is 2. The molecule has 0 fully saturated rings. The second kappa shape index (κ2) is 7.25. The van der Waals surface area contributed by atoms with Crippen LogP contribution in [-0.4, -0.2) is 16.9 Å². The van der Waals surface area contributed by atoms with E-state index in [-0.39, 0.29) is 0 Å². The summed E-state index contributed by atoms with van der Waals surface area (Å²) >= 11 is 2.59. The fourth-order valence-corrected chi connectivity index (χ4v) is 3.96. The molecule has 128 valence electrons. The molecule has 7 heteroatoms. The number of hydrogen-bond donors (Lipinski definition) is 2. The van der Waals surface area contributed by atoms with Crippen molar-refractivity contribution in [3.05, 3.63) is 58.7 Å². The fraction of sp³-hybridized carbons (Fsp3) is 0.167. The molecule has 0 bridgehead atoms. The zero-order chi connectivity index (χ0) is 18.0. The van der Waals surface area contributed by atoms with E-state index in [2.05, 4.69) is 21.1 Å². The van der Waals surface area contributed by atoms with Gasteiger partial charge in [-0.1, -0.05) is 12.1 Å². The molecule has 3 rings (SSSR count). The molecule has 3 aromatic rings. The summed E-state index contributed by atoms with van der Waals surface area (Å²) in [6, 6.07) is 10.8. The average Bonchev–Trinajstić information content (AvgIpc) is 2.97. The molecule has 0 radical (unpaired) electrons. The first-order valence-corrected chi connectivity index (χ1v) is 9.28. The minimum absolute atomic E-state index is 0.430. The van der Waals surface area contributed by atoms with Gasteiger partial charge in [0.15, 0.2) is 4.34 Å². The van der Waals surface area contributed by atoms with E-state index in [1.54, 1.807) is 12.1 Å². The maximum atomic E-state index is 12.1. The highest BCUT2D eigenvalue weighted by atomic mass is 32.2. The van der Waals surface area contributed by atoms with Gasteiger partial charge in [-0.05, 0) is 61.7 Å². The Morgan fingerprint density at radius 3 is 2.60 bits per heavy atom. The third kappa shape index (κ3) is 4.18. The van der Waals surface area contributed by atoms with E-state index in [9.17, 15) is 9.59 Å². The van der Waals surface area contributed by atoms with Gasteiger partial charge in [0.05, 0.1) is 10.2 Å². The van der Waals surface area contributed by atoms with Crippen LogP contribution in [-0.2, 0) is 0 Å². The van der Waals surface area contributed by atoms with E-state index in [0.29, 0.717) is 5.56 Å². The number of hydrogen-bond acceptors (Lipinski definition) is 5. The van der Waals surface area contributed by atoms with Gasteiger partial charge in [-0.15, -0.1) is 11.3 Å². The van der Waals surface area contributed by atoms with Crippen LogP contribution in [0.3, 0.4) is 0 Å². The first-order chi connectivity index (χ1) is 11.9. The molecular formula is C18H17N3O2S2. The monoisotopic (exact) mass is 371 g/mol. The highest BCUT2D eigenvalue weighted by Crippen LogP contribution is 2.28. The van der Waals surface area contributed by atoms with Crippen molar-refractivity contribution in [2.45, 2.75) is 25.1 Å². The smallest absolute Gasteiger partial charge is 0.275 e. The number of urea groups is 1. The summed E-state index contributed by atoms with van der Waals surface area (Å²) in [5.74, 6) is -0.430. The Morgan fingerprint density at radius 1 is 1.04 bits per heavy atom. The molecule has 2 N–H and O–H groups in total. The van der Waals surface area contributed by atoms with E-state index in [1.165, 1.54) is 11.3 Å². The number of nitrogens with zero attached hydrogens (tertiary/aromatic N) is 1. The quantitative estimate of drug-likeness (QED) is 0.671. The van der Waals surface area contributed by atoms with Crippen LogP contribution in [0.4, 0.5) is 4.79 Å². The highest BCUT2D eigenvalue weighted by molar-refractivity contribution is 7.99. The Labute approximate surface area is 154 Å². The van der Waals surface area contributed by atoms with Crippen molar-refractivity contribution >= 4 is 45.4 Å². The van der Waals surface area contributed by atoms with Crippen LogP contribution >= 0.6 is 23.3 Å². The Morgan fingerprint density at radius 2 is 1.84 bits per heavy atom. The highest BCUT2D eigenvalue weighted by Gasteiger charge is 2.12. The van der Waals surface area contributed by atoms with Crippen molar-refractivity contribution in [1.82, 2.24) is 15.0 Å². The third-order valence-corrected chi connectivity index (χ3v) is 5.62. The Balaban J connectivity index is 1.59. The molecule has 0 atom stereocenters. The normalized spacial score (nSPS) is 10.7. The lowest BCUT2D eigenvalue weighted by Crippen LogP contribution is -2.36. The molecule has 2 aromatic carbocycles. The van der Waals surface area contributed by atoms with Crippen molar-refractivity contribution < 1.29 is 9.59 Å². The molecule has 0 saturated heterocycles. The van der Waals surface area contributed by atoms with Crippen molar-refractivity contribution in [2.24, 2.45) is 0 Å². The summed E-state index contributed by atoms with van der Waals surface area (Å²) < 4.78 is 4.38. The number of amides is 3. The SMILES string of the molecule is Cc1ccc2nc(SNC(=O)NC(=O)c3ccc(C)c(C)c3)sc2c1. The molecule has 1 aromatic heterocycles. The number of aromatic nitrogens is 1. The minimum Gasteiger partial charge on any atom is -0.275 e. The molecular weight excluding hydrogens is 354 g/mol. The van der Waals surface area contributed by atoms with E-state index in [0.717, 1.165) is 43.2 Å². The average molecular weight is 371 g/mol. The number of benzene rings is 2. The fourth-order valence-electron chi connectivity index (χ4n) is 2.23. The Kier molecular flexibility index (Phi) is 5.06. The summed E-state index contributed by atoms with van der Waals surface area (Å²) in [5, 5.41) is 2.32. The third-order valence-electron chi connectivity index (χ3n) is 3.75. The minimum atomic E-state index is -0.566. The Bertz CT molecular complexity index is 966. The van der Waals surface area contributed by atoms with Gasteiger partial charge in [-0.25, -0.2) is 9.78 Å². The van der Waals surface area contributed by atoms with Crippen LogP contribution in [0.1, 0.15) is 27.0 Å². The molecule has 0 aliphatic rings. The first kappa shape index (κ1) is 17.4. The van der Waals surface area contributed by atoms with Crippen LogP contribution in [0.5, 0.6) is 0 Å². The standard InChI is InChI=1S/C18H17N3O2S2/c1-10-4-7-14-15(8-10)24-18(19-14)25-21-17(23)20-16(22)13-6-5-11(2)12(3)9-13/h4-9H,1-3H3,(H2,20,21,22,23). The van der Waals surface area contributed by atoms with E-state index in [1.807, 2.05) is 39.0 Å². The number of rotatable bonds is 3. The largest absolute Gasteiger partial charge is 0.332 e. The molecule has 25 heavy (non-hydrogen) atoms. The zero-order valence-corrected chi connectivity index (χ0v) is 15.7. The molecule has 1 heterocycles. The van der Waals surface area contributed by atoms with Gasteiger partial charge in [-0.2, -0.15) is 0 Å². The van der Waals surface area contributed by atoms with Gasteiger partial charge in [0.2, 0.25) is 0 Å². The first-order valence-electron chi connectivity index (χ1n) is 7.65. The van der Waals surface area contributed by atoms with Gasteiger partial charge in [-0.3, -0.25) is 14.8 Å². The molecule has 0 unspecified atom stereocenters. The molecule has 0 aliphatic heterocycles. The Hall–Kier alpha value is -2.38. The van der Waals surface area contributed by atoms with Crippen molar-refractivity contribution in [1.29, 1.82) is 0 Å². The second-order valence-corrected chi connectivity index (χ2v) is 7.82. The summed E-state index contributed by atoms with van der Waals surface area (Å²) in [5.41, 5.74) is 4.62. The van der Waals surface area contributed by atoms with E-state index in [4.69, 9.17) is 0 Å². The van der Waals surface area contributed by atoms with Crippen LogP contribution in [0.25, 0.3) is 10.2 Å². The molecule has 3 amide bonds. The topological polar surface area (TPSA) is 71.1 Å². The molecule has 0 spiro atoms. The second-order valence-electron chi connectivity index (χ2n) is 5.74. The maximum absolute atomic E-state index is 12.1. The lowest BCUT2D eigenvalue weighted by Gasteiger charge is -2.06. The number of aryl methyl sites for hydroxylation is 3. The maximum Gasteiger partial charge on any atom is 0.332 e. The summed E-state index contributed by atoms with van der Waals surface area (Å²) in [6.45, 7) is 5.92. The van der Waals surface area contributed by atoms with Gasteiger partial charge in [0.1, 0.15) is 0 Å². The van der Waals surface area contributed by atoms with Gasteiger partial charge >= 0.3 is 6.03 Å². The molecule has 0 saturated carbocycles. The molecule has 5 nitrogen and oxygen atoms in total. The number of imide groups is 1. The van der Waals surface area contributed by atoms with Crippen molar-refractivity contribution in [3.63, 3.8) is 0 Å². The van der Waals surface area contributed by atoms with Gasteiger partial charge < -0.3 is 0 Å². The van der Waals surface area contributed by atoms with Crippen LogP contribution in [0.2, 0.25) is 0 Å². The van der Waals surface area contributed by atoms with E-state index < -0.39 is 11.9 Å². The summed E-state index contributed by atoms with van der Waals surface area (Å²) in [7, 11) is 0. The number of thiazole rings is 1. The van der Waals surface area contributed by atoms with Crippen LogP contribution < -0.4 is 10.0 Å². The summed E-state index contributed by atoms with van der Waals surface area (Å²) in [4.78, 5) is 28.5. The van der Waals surface area contributed by atoms with Crippen molar-refractivity contribution in [2.75, 3.05) is 0 Å². The van der Waals surface area contributed by atoms with Gasteiger partial charge in [0.25, 0.3) is 5.91 Å². The predicted octanol–water partition coefficient (Wildman–Crippen LogP) is 4.37. The predicted molar refractivity (Wildman–Crippen MR) is 102 cm³/mol. The number of carbonyl (C=O) groups is 2. The van der Waals surface area contributed by atoms with Gasteiger partial charge in [0, 0.05) is 17.5 Å². The van der Waals surface area contributed by atoms with Crippen molar-refractivity contribution in [3.8, 4) is 0 Å². The number of carbonyl (C=O) groups excluding carboxylic acids is 2. The molecule has 0 aliphatic carbocycles. The lowest BCUT2D eigenvalue weighted by molar-refractivity contribution is 0.0965. The van der Waals surface area contributed by atoms with Crippen LogP contribution in [0, 0.1) is 20.8 Å². The zero-order valence-electron chi connectivity index (χ0n) is 14.0. The van der Waals surface area contributed by atoms with Crippen LogP contribution in [0.15, 0.2) is 40.7 Å². The lowest BCUT2D eigenvalue weighted by atomic mass is 10.1. The summed E-state index contributed by atoms with van der Waals surface area (Å²) in [6.07, 6.45) is 0. The number of fused-ring (bicyclic) bond motifs is 1. The van der Waals surface area contributed by atoms with E-state index >= 15 is 0 Å².